The van der Waals surface area contributed by atoms with E-state index in [0.717, 1.165) is 11.1 Å². The molecule has 0 saturated heterocycles. The molecule has 0 atom stereocenters. The Hall–Kier alpha value is -2.34. The monoisotopic (exact) mass is 332 g/mol. The highest BCUT2D eigenvalue weighted by molar-refractivity contribution is 7.20. The van der Waals surface area contributed by atoms with Gasteiger partial charge < -0.3 is 15.8 Å². The number of thiophene rings is 1. The second-order valence-electron chi connectivity index (χ2n) is 5.29. The van der Waals surface area contributed by atoms with Crippen molar-refractivity contribution in [1.82, 2.24) is 0 Å². The summed E-state index contributed by atoms with van der Waals surface area (Å²) in [6.45, 7) is 7.62. The highest BCUT2D eigenvalue weighted by atomic mass is 32.1. The number of carbonyl (C=O) groups is 2. The van der Waals surface area contributed by atoms with E-state index in [2.05, 4.69) is 5.32 Å². The molecule has 0 aliphatic heterocycles. The molecular weight excluding hydrogens is 312 g/mol. The minimum absolute atomic E-state index is 0.220. The molecule has 0 radical (unpaired) electrons. The Kier molecular flexibility index (Phi) is 5.05. The number of anilines is 2. The minimum Gasteiger partial charge on any atom is -0.462 e. The van der Waals surface area contributed by atoms with Crippen LogP contribution in [0.2, 0.25) is 0 Å². The number of nitrogens with two attached hydrogens (primary N) is 1. The Morgan fingerprint density at radius 1 is 1.26 bits per heavy atom. The SMILES string of the molecule is CCOC(=O)c1c(N)sc(NC(=O)c2ccc(C)cc2C)c1C. The Morgan fingerprint density at radius 3 is 2.57 bits per heavy atom. The van der Waals surface area contributed by atoms with Crippen molar-refractivity contribution in [2.45, 2.75) is 27.7 Å². The Balaban J connectivity index is 2.28. The van der Waals surface area contributed by atoms with Crippen LogP contribution in [0, 0.1) is 20.8 Å². The summed E-state index contributed by atoms with van der Waals surface area (Å²) >= 11 is 1.17. The summed E-state index contributed by atoms with van der Waals surface area (Å²) in [7, 11) is 0. The van der Waals surface area contributed by atoms with E-state index >= 15 is 0 Å². The normalized spacial score (nSPS) is 10.4. The lowest BCUT2D eigenvalue weighted by Gasteiger charge is -2.08. The van der Waals surface area contributed by atoms with Crippen LogP contribution < -0.4 is 11.1 Å². The third-order valence-electron chi connectivity index (χ3n) is 3.51. The van der Waals surface area contributed by atoms with Gasteiger partial charge in [0.1, 0.15) is 10.0 Å². The Bertz CT molecular complexity index is 765. The van der Waals surface area contributed by atoms with Crippen LogP contribution in [0.3, 0.4) is 0 Å². The first-order valence-electron chi connectivity index (χ1n) is 7.29. The van der Waals surface area contributed by atoms with Gasteiger partial charge in [0, 0.05) is 11.1 Å². The number of aryl methyl sites for hydroxylation is 2. The summed E-state index contributed by atoms with van der Waals surface area (Å²) in [6, 6.07) is 5.63. The van der Waals surface area contributed by atoms with Crippen LogP contribution in [0.1, 0.15) is 44.3 Å². The summed E-state index contributed by atoms with van der Waals surface area (Å²) in [5, 5.41) is 3.75. The lowest BCUT2D eigenvalue weighted by Crippen LogP contribution is -2.14. The van der Waals surface area contributed by atoms with Gasteiger partial charge in [0.05, 0.1) is 12.2 Å². The zero-order valence-electron chi connectivity index (χ0n) is 13.6. The number of benzene rings is 1. The number of nitrogens with one attached hydrogen (secondary N) is 1. The summed E-state index contributed by atoms with van der Waals surface area (Å²) in [4.78, 5) is 24.4. The average molecular weight is 332 g/mol. The van der Waals surface area contributed by atoms with Crippen molar-refractivity contribution in [2.75, 3.05) is 17.7 Å². The van der Waals surface area contributed by atoms with Gasteiger partial charge in [0.15, 0.2) is 0 Å². The first kappa shape index (κ1) is 17.0. The molecule has 2 aromatic rings. The van der Waals surface area contributed by atoms with E-state index in [1.807, 2.05) is 26.0 Å². The van der Waals surface area contributed by atoms with Gasteiger partial charge >= 0.3 is 5.97 Å². The molecule has 6 heteroatoms. The molecule has 0 aliphatic rings. The maximum atomic E-state index is 12.5. The molecule has 2 rings (SSSR count). The standard InChI is InChI=1S/C17H20N2O3S/c1-5-22-17(21)13-11(4)16(23-14(13)18)19-15(20)12-7-6-9(2)8-10(12)3/h6-8H,5,18H2,1-4H3,(H,19,20). The number of amides is 1. The van der Waals surface area contributed by atoms with Crippen LogP contribution in [0.15, 0.2) is 18.2 Å². The van der Waals surface area contributed by atoms with Crippen molar-refractivity contribution in [3.05, 3.63) is 46.0 Å². The molecule has 1 amide bonds. The summed E-state index contributed by atoms with van der Waals surface area (Å²) in [5.74, 6) is -0.687. The van der Waals surface area contributed by atoms with Crippen LogP contribution >= 0.6 is 11.3 Å². The molecule has 0 aliphatic carbocycles. The van der Waals surface area contributed by atoms with Gasteiger partial charge in [-0.1, -0.05) is 29.0 Å². The Labute approximate surface area is 139 Å². The third kappa shape index (κ3) is 3.53. The molecule has 0 unspecified atom stereocenters. The molecule has 0 fully saturated rings. The zero-order chi connectivity index (χ0) is 17.1. The molecule has 0 bridgehead atoms. The van der Waals surface area contributed by atoms with Gasteiger partial charge in [0.25, 0.3) is 5.91 Å². The molecule has 3 N–H and O–H groups in total. The highest BCUT2D eigenvalue weighted by Crippen LogP contribution is 2.35. The first-order chi connectivity index (χ1) is 10.8. The maximum absolute atomic E-state index is 12.5. The van der Waals surface area contributed by atoms with Crippen LogP contribution in [0.5, 0.6) is 0 Å². The average Bonchev–Trinajstić information content (AvgIpc) is 2.73. The lowest BCUT2D eigenvalue weighted by molar-refractivity contribution is 0.0527. The van der Waals surface area contributed by atoms with Crippen LogP contribution in [0.4, 0.5) is 10.0 Å². The molecule has 1 aromatic heterocycles. The largest absolute Gasteiger partial charge is 0.462 e. The van der Waals surface area contributed by atoms with Crippen molar-refractivity contribution in [3.63, 3.8) is 0 Å². The van der Waals surface area contributed by atoms with Crippen molar-refractivity contribution >= 4 is 33.2 Å². The van der Waals surface area contributed by atoms with Crippen molar-refractivity contribution in [2.24, 2.45) is 0 Å². The van der Waals surface area contributed by atoms with Crippen molar-refractivity contribution in [1.29, 1.82) is 0 Å². The molecule has 5 nitrogen and oxygen atoms in total. The third-order valence-corrected chi connectivity index (χ3v) is 4.54. The molecule has 0 saturated carbocycles. The van der Waals surface area contributed by atoms with Crippen LogP contribution in [-0.4, -0.2) is 18.5 Å². The van der Waals surface area contributed by atoms with Gasteiger partial charge in [-0.3, -0.25) is 4.79 Å². The van der Waals surface area contributed by atoms with Crippen LogP contribution in [-0.2, 0) is 4.74 Å². The predicted octanol–water partition coefficient (Wildman–Crippen LogP) is 3.68. The summed E-state index contributed by atoms with van der Waals surface area (Å²) < 4.78 is 5.00. The van der Waals surface area contributed by atoms with Gasteiger partial charge in [-0.15, -0.1) is 0 Å². The molecule has 1 aromatic carbocycles. The fraction of sp³-hybridized carbons (Fsp3) is 0.294. The number of hydrogen-bond acceptors (Lipinski definition) is 5. The fourth-order valence-corrected chi connectivity index (χ4v) is 3.31. The van der Waals surface area contributed by atoms with E-state index in [1.54, 1.807) is 19.9 Å². The number of nitrogen functional groups attached to an aromatic ring is 1. The zero-order valence-corrected chi connectivity index (χ0v) is 14.5. The van der Waals surface area contributed by atoms with Crippen molar-refractivity contribution < 1.29 is 14.3 Å². The topological polar surface area (TPSA) is 81.4 Å². The summed E-state index contributed by atoms with van der Waals surface area (Å²) in [5.41, 5.74) is 9.45. The first-order valence-corrected chi connectivity index (χ1v) is 8.11. The van der Waals surface area contributed by atoms with E-state index in [0.29, 0.717) is 26.7 Å². The number of ether oxygens (including phenoxy) is 1. The predicted molar refractivity (Wildman–Crippen MR) is 93.3 cm³/mol. The second-order valence-corrected chi connectivity index (χ2v) is 6.34. The van der Waals surface area contributed by atoms with E-state index in [1.165, 1.54) is 11.3 Å². The molecular formula is C17H20N2O3S. The maximum Gasteiger partial charge on any atom is 0.341 e. The molecule has 122 valence electrons. The van der Waals surface area contributed by atoms with E-state index < -0.39 is 5.97 Å². The van der Waals surface area contributed by atoms with E-state index in [4.69, 9.17) is 10.5 Å². The van der Waals surface area contributed by atoms with Crippen LogP contribution in [0.25, 0.3) is 0 Å². The number of esters is 1. The van der Waals surface area contributed by atoms with E-state index in [9.17, 15) is 9.59 Å². The molecule has 1 heterocycles. The fourth-order valence-electron chi connectivity index (χ4n) is 2.35. The number of hydrogen-bond donors (Lipinski definition) is 2. The minimum atomic E-state index is -0.467. The van der Waals surface area contributed by atoms with E-state index in [-0.39, 0.29) is 12.5 Å². The second kappa shape index (κ2) is 6.83. The lowest BCUT2D eigenvalue weighted by atomic mass is 10.1. The van der Waals surface area contributed by atoms with Gasteiger partial charge in [-0.25, -0.2) is 4.79 Å². The quantitative estimate of drug-likeness (QED) is 0.837. The van der Waals surface area contributed by atoms with Crippen molar-refractivity contribution in [3.8, 4) is 0 Å². The summed E-state index contributed by atoms with van der Waals surface area (Å²) in [6.07, 6.45) is 0. The number of carbonyl (C=O) groups excluding carboxylic acids is 2. The highest BCUT2D eigenvalue weighted by Gasteiger charge is 2.22. The number of rotatable bonds is 4. The smallest absolute Gasteiger partial charge is 0.341 e. The van der Waals surface area contributed by atoms with Gasteiger partial charge in [0.2, 0.25) is 0 Å². The van der Waals surface area contributed by atoms with Gasteiger partial charge in [-0.2, -0.15) is 0 Å². The Morgan fingerprint density at radius 2 is 1.96 bits per heavy atom. The molecule has 23 heavy (non-hydrogen) atoms. The van der Waals surface area contributed by atoms with Gasteiger partial charge in [-0.05, 0) is 39.3 Å². The molecule has 0 spiro atoms.